The van der Waals surface area contributed by atoms with E-state index < -0.39 is 0 Å². The first-order chi connectivity index (χ1) is 8.58. The molecule has 0 amide bonds. The van der Waals surface area contributed by atoms with Gasteiger partial charge in [0, 0.05) is 31.2 Å². The molecule has 1 heterocycles. The first-order valence-corrected chi connectivity index (χ1v) is 7.13. The minimum Gasteiger partial charge on any atom is -0.310 e. The topological polar surface area (TPSA) is 15.3 Å². The molecule has 0 aliphatic carbocycles. The molecular formula is C16H26N2. The van der Waals surface area contributed by atoms with E-state index in [1.165, 1.54) is 30.6 Å². The van der Waals surface area contributed by atoms with Crippen molar-refractivity contribution in [3.63, 3.8) is 0 Å². The van der Waals surface area contributed by atoms with Crippen LogP contribution in [0.25, 0.3) is 0 Å². The Morgan fingerprint density at radius 2 is 1.94 bits per heavy atom. The summed E-state index contributed by atoms with van der Waals surface area (Å²) in [5.74, 6) is 0. The molecule has 0 bridgehead atoms. The lowest BCUT2D eigenvalue weighted by Crippen LogP contribution is -2.37. The number of likely N-dealkylation sites (tertiary alicyclic amines) is 1. The van der Waals surface area contributed by atoms with Crippen molar-refractivity contribution in [1.82, 2.24) is 10.2 Å². The van der Waals surface area contributed by atoms with Crippen LogP contribution in [-0.2, 0) is 0 Å². The van der Waals surface area contributed by atoms with Gasteiger partial charge in [-0.15, -0.1) is 0 Å². The van der Waals surface area contributed by atoms with Gasteiger partial charge in [-0.25, -0.2) is 0 Å². The summed E-state index contributed by atoms with van der Waals surface area (Å²) >= 11 is 0. The van der Waals surface area contributed by atoms with Crippen molar-refractivity contribution < 1.29 is 0 Å². The lowest BCUT2D eigenvalue weighted by atomic mass is 10.0. The van der Waals surface area contributed by atoms with Crippen LogP contribution >= 0.6 is 0 Å². The molecule has 1 aliphatic heterocycles. The molecule has 100 valence electrons. The number of nitrogens with one attached hydrogen (secondary N) is 1. The van der Waals surface area contributed by atoms with Crippen LogP contribution in [0.5, 0.6) is 0 Å². The highest BCUT2D eigenvalue weighted by Gasteiger charge is 2.27. The van der Waals surface area contributed by atoms with Gasteiger partial charge in [-0.3, -0.25) is 4.90 Å². The van der Waals surface area contributed by atoms with Crippen LogP contribution in [0.15, 0.2) is 24.3 Å². The average Bonchev–Trinajstić information content (AvgIpc) is 2.76. The van der Waals surface area contributed by atoms with Gasteiger partial charge in [0.25, 0.3) is 0 Å². The minimum absolute atomic E-state index is 0.533. The smallest absolute Gasteiger partial charge is 0.0323 e. The van der Waals surface area contributed by atoms with E-state index in [0.717, 1.165) is 0 Å². The van der Waals surface area contributed by atoms with Crippen LogP contribution in [0, 0.1) is 6.92 Å². The van der Waals surface area contributed by atoms with E-state index in [0.29, 0.717) is 18.1 Å². The summed E-state index contributed by atoms with van der Waals surface area (Å²) in [6.07, 6.45) is 1.27. The maximum absolute atomic E-state index is 3.65. The Balaban J connectivity index is 1.99. The SMILES string of the molecule is Cc1ccccc1C(C)N1CCC(NC(C)C)C1. The van der Waals surface area contributed by atoms with Gasteiger partial charge < -0.3 is 5.32 Å². The first kappa shape index (κ1) is 13.6. The standard InChI is InChI=1S/C16H26N2/c1-12(2)17-15-9-10-18(11-15)14(4)16-8-6-5-7-13(16)3/h5-8,12,14-15,17H,9-11H2,1-4H3. The predicted molar refractivity (Wildman–Crippen MR) is 77.8 cm³/mol. The summed E-state index contributed by atoms with van der Waals surface area (Å²) in [6, 6.07) is 10.5. The highest BCUT2D eigenvalue weighted by Crippen LogP contribution is 2.26. The fourth-order valence-corrected chi connectivity index (χ4v) is 3.00. The van der Waals surface area contributed by atoms with Gasteiger partial charge in [0.2, 0.25) is 0 Å². The summed E-state index contributed by atoms with van der Waals surface area (Å²) in [4.78, 5) is 2.60. The fraction of sp³-hybridized carbons (Fsp3) is 0.625. The second-order valence-electron chi connectivity index (χ2n) is 5.83. The maximum Gasteiger partial charge on any atom is 0.0323 e. The molecule has 2 nitrogen and oxygen atoms in total. The van der Waals surface area contributed by atoms with Crippen molar-refractivity contribution >= 4 is 0 Å². The van der Waals surface area contributed by atoms with Gasteiger partial charge in [-0.1, -0.05) is 38.1 Å². The molecule has 1 aromatic rings. The monoisotopic (exact) mass is 246 g/mol. The van der Waals surface area contributed by atoms with Crippen LogP contribution in [0.2, 0.25) is 0 Å². The van der Waals surface area contributed by atoms with Crippen molar-refractivity contribution in [3.8, 4) is 0 Å². The lowest BCUT2D eigenvalue weighted by Gasteiger charge is -2.26. The zero-order valence-corrected chi connectivity index (χ0v) is 12.1. The van der Waals surface area contributed by atoms with Crippen molar-refractivity contribution in [2.75, 3.05) is 13.1 Å². The summed E-state index contributed by atoms with van der Waals surface area (Å²) < 4.78 is 0. The molecule has 0 saturated carbocycles. The van der Waals surface area contributed by atoms with Crippen LogP contribution in [0.1, 0.15) is 44.4 Å². The summed E-state index contributed by atoms with van der Waals surface area (Å²) in [5, 5.41) is 3.65. The Bertz CT molecular complexity index is 386. The molecule has 1 N–H and O–H groups in total. The predicted octanol–water partition coefficient (Wildman–Crippen LogP) is 3.13. The van der Waals surface area contributed by atoms with Gasteiger partial charge >= 0.3 is 0 Å². The Kier molecular flexibility index (Phi) is 4.41. The Morgan fingerprint density at radius 1 is 1.22 bits per heavy atom. The zero-order chi connectivity index (χ0) is 13.1. The maximum atomic E-state index is 3.65. The van der Waals surface area contributed by atoms with E-state index in [2.05, 4.69) is 62.2 Å². The van der Waals surface area contributed by atoms with E-state index in [-0.39, 0.29) is 0 Å². The zero-order valence-electron chi connectivity index (χ0n) is 12.1. The Morgan fingerprint density at radius 3 is 2.61 bits per heavy atom. The molecule has 2 unspecified atom stereocenters. The molecule has 2 rings (SSSR count). The molecule has 0 spiro atoms. The molecule has 1 fully saturated rings. The molecule has 1 aromatic carbocycles. The van der Waals surface area contributed by atoms with Gasteiger partial charge in [-0.05, 0) is 31.4 Å². The van der Waals surface area contributed by atoms with E-state index in [9.17, 15) is 0 Å². The lowest BCUT2D eigenvalue weighted by molar-refractivity contribution is 0.253. The normalized spacial score (nSPS) is 22.6. The highest BCUT2D eigenvalue weighted by atomic mass is 15.2. The van der Waals surface area contributed by atoms with Crippen LogP contribution in [0.4, 0.5) is 0 Å². The fourth-order valence-electron chi connectivity index (χ4n) is 3.00. The number of nitrogens with zero attached hydrogens (tertiary/aromatic N) is 1. The second kappa shape index (κ2) is 5.85. The Labute approximate surface area is 111 Å². The van der Waals surface area contributed by atoms with Crippen LogP contribution < -0.4 is 5.32 Å². The third-order valence-corrected chi connectivity index (χ3v) is 3.97. The minimum atomic E-state index is 0.533. The summed E-state index contributed by atoms with van der Waals surface area (Å²) in [5.41, 5.74) is 2.88. The van der Waals surface area contributed by atoms with Crippen molar-refractivity contribution in [2.24, 2.45) is 0 Å². The van der Waals surface area contributed by atoms with Gasteiger partial charge in [0.1, 0.15) is 0 Å². The van der Waals surface area contributed by atoms with Crippen molar-refractivity contribution in [3.05, 3.63) is 35.4 Å². The number of benzene rings is 1. The third kappa shape index (κ3) is 3.12. The molecule has 0 aromatic heterocycles. The molecule has 1 saturated heterocycles. The van der Waals surface area contributed by atoms with E-state index in [1.807, 2.05) is 0 Å². The van der Waals surface area contributed by atoms with E-state index >= 15 is 0 Å². The Hall–Kier alpha value is -0.860. The highest BCUT2D eigenvalue weighted by molar-refractivity contribution is 5.28. The van der Waals surface area contributed by atoms with Crippen molar-refractivity contribution in [2.45, 2.75) is 52.2 Å². The molecule has 18 heavy (non-hydrogen) atoms. The quantitative estimate of drug-likeness (QED) is 0.878. The van der Waals surface area contributed by atoms with Crippen molar-refractivity contribution in [1.29, 1.82) is 0 Å². The van der Waals surface area contributed by atoms with E-state index in [4.69, 9.17) is 0 Å². The number of hydrogen-bond acceptors (Lipinski definition) is 2. The summed E-state index contributed by atoms with van der Waals surface area (Å²) in [6.45, 7) is 11.4. The molecule has 0 radical (unpaired) electrons. The molecular weight excluding hydrogens is 220 g/mol. The molecule has 2 heteroatoms. The van der Waals surface area contributed by atoms with Gasteiger partial charge in [-0.2, -0.15) is 0 Å². The third-order valence-electron chi connectivity index (χ3n) is 3.97. The molecule has 2 atom stereocenters. The van der Waals surface area contributed by atoms with Gasteiger partial charge in [0.05, 0.1) is 0 Å². The van der Waals surface area contributed by atoms with Gasteiger partial charge in [0.15, 0.2) is 0 Å². The number of rotatable bonds is 4. The van der Waals surface area contributed by atoms with Crippen LogP contribution in [0.3, 0.4) is 0 Å². The number of aryl methyl sites for hydroxylation is 1. The number of hydrogen-bond donors (Lipinski definition) is 1. The average molecular weight is 246 g/mol. The first-order valence-electron chi connectivity index (χ1n) is 7.13. The second-order valence-corrected chi connectivity index (χ2v) is 5.83. The summed E-state index contributed by atoms with van der Waals surface area (Å²) in [7, 11) is 0. The largest absolute Gasteiger partial charge is 0.310 e. The van der Waals surface area contributed by atoms with E-state index in [1.54, 1.807) is 0 Å². The molecule has 1 aliphatic rings. The van der Waals surface area contributed by atoms with Crippen LogP contribution in [-0.4, -0.2) is 30.1 Å².